The Balaban J connectivity index is 2.26. The van der Waals surface area contributed by atoms with Crippen LogP contribution >= 0.6 is 38.5 Å². The molecule has 5 heteroatoms. The van der Waals surface area contributed by atoms with Crippen LogP contribution in [0.4, 0.5) is 0 Å². The van der Waals surface area contributed by atoms with E-state index in [1.807, 2.05) is 24.3 Å². The topological polar surface area (TPSA) is 47.3 Å². The SMILES string of the molecule is COc1cccc(CC(NN)c2cc(Br)ccc2I)c1. The Labute approximate surface area is 141 Å². The van der Waals surface area contributed by atoms with Gasteiger partial charge in [0.05, 0.1) is 13.2 Å². The Morgan fingerprint density at radius 2 is 2.10 bits per heavy atom. The smallest absolute Gasteiger partial charge is 0.119 e. The van der Waals surface area contributed by atoms with Gasteiger partial charge in [-0.1, -0.05) is 28.1 Å². The zero-order valence-corrected chi connectivity index (χ0v) is 14.8. The lowest BCUT2D eigenvalue weighted by atomic mass is 9.99. The molecule has 2 rings (SSSR count). The van der Waals surface area contributed by atoms with Crippen LogP contribution in [0.5, 0.6) is 5.75 Å². The fraction of sp³-hybridized carbons (Fsp3) is 0.200. The van der Waals surface area contributed by atoms with Gasteiger partial charge in [-0.3, -0.25) is 11.3 Å². The van der Waals surface area contributed by atoms with Gasteiger partial charge in [-0.15, -0.1) is 0 Å². The zero-order chi connectivity index (χ0) is 14.5. The molecule has 2 aromatic rings. The first kappa shape index (κ1) is 15.8. The molecule has 0 aliphatic carbocycles. The number of hydrogen-bond donors (Lipinski definition) is 2. The minimum Gasteiger partial charge on any atom is -0.497 e. The molecule has 0 radical (unpaired) electrons. The molecule has 0 spiro atoms. The number of ether oxygens (including phenoxy) is 1. The van der Waals surface area contributed by atoms with Gasteiger partial charge >= 0.3 is 0 Å². The second-order valence-electron chi connectivity index (χ2n) is 4.44. The molecule has 0 saturated heterocycles. The van der Waals surface area contributed by atoms with Crippen molar-refractivity contribution in [3.8, 4) is 5.75 Å². The van der Waals surface area contributed by atoms with Crippen molar-refractivity contribution in [2.45, 2.75) is 12.5 Å². The van der Waals surface area contributed by atoms with Crippen LogP contribution < -0.4 is 16.0 Å². The van der Waals surface area contributed by atoms with Crippen molar-refractivity contribution in [2.75, 3.05) is 7.11 Å². The van der Waals surface area contributed by atoms with Crippen molar-refractivity contribution in [1.82, 2.24) is 5.43 Å². The lowest BCUT2D eigenvalue weighted by molar-refractivity contribution is 0.414. The van der Waals surface area contributed by atoms with Crippen LogP contribution in [0.2, 0.25) is 0 Å². The number of hydrogen-bond acceptors (Lipinski definition) is 3. The zero-order valence-electron chi connectivity index (χ0n) is 11.1. The molecule has 1 atom stereocenters. The van der Waals surface area contributed by atoms with Crippen molar-refractivity contribution < 1.29 is 4.74 Å². The number of nitrogens with one attached hydrogen (secondary N) is 1. The van der Waals surface area contributed by atoms with Crippen LogP contribution in [-0.4, -0.2) is 7.11 Å². The number of rotatable bonds is 5. The Hall–Kier alpha value is -0.630. The van der Waals surface area contributed by atoms with Gasteiger partial charge in [0, 0.05) is 8.04 Å². The third kappa shape index (κ3) is 3.94. The summed E-state index contributed by atoms with van der Waals surface area (Å²) in [6.45, 7) is 0. The van der Waals surface area contributed by atoms with Gasteiger partial charge in [-0.25, -0.2) is 0 Å². The summed E-state index contributed by atoms with van der Waals surface area (Å²) < 4.78 is 7.50. The largest absolute Gasteiger partial charge is 0.497 e. The number of hydrazine groups is 1. The van der Waals surface area contributed by atoms with Crippen LogP contribution in [0.15, 0.2) is 46.9 Å². The van der Waals surface area contributed by atoms with E-state index >= 15 is 0 Å². The van der Waals surface area contributed by atoms with Gasteiger partial charge in [0.2, 0.25) is 0 Å². The van der Waals surface area contributed by atoms with Crippen LogP contribution in [-0.2, 0) is 6.42 Å². The Morgan fingerprint density at radius 1 is 1.30 bits per heavy atom. The average Bonchev–Trinajstić information content (AvgIpc) is 2.47. The molecule has 0 aromatic heterocycles. The summed E-state index contributed by atoms with van der Waals surface area (Å²) >= 11 is 5.84. The summed E-state index contributed by atoms with van der Waals surface area (Å²) in [6.07, 6.45) is 0.806. The van der Waals surface area contributed by atoms with Crippen LogP contribution in [0.3, 0.4) is 0 Å². The third-order valence-corrected chi connectivity index (χ3v) is 4.58. The molecule has 0 aliphatic heterocycles. The summed E-state index contributed by atoms with van der Waals surface area (Å²) in [6, 6.07) is 14.3. The van der Waals surface area contributed by atoms with Crippen molar-refractivity contribution in [2.24, 2.45) is 5.84 Å². The Kier molecular flexibility index (Phi) is 5.83. The van der Waals surface area contributed by atoms with Gasteiger partial charge in [0.25, 0.3) is 0 Å². The summed E-state index contributed by atoms with van der Waals surface area (Å²) in [4.78, 5) is 0. The molecule has 2 aromatic carbocycles. The van der Waals surface area contributed by atoms with Gasteiger partial charge < -0.3 is 4.74 Å². The van der Waals surface area contributed by atoms with E-state index in [-0.39, 0.29) is 6.04 Å². The number of nitrogens with two attached hydrogens (primary N) is 1. The predicted octanol–water partition coefficient (Wildman–Crippen LogP) is 3.81. The first-order chi connectivity index (χ1) is 9.63. The van der Waals surface area contributed by atoms with E-state index in [0.29, 0.717) is 0 Å². The highest BCUT2D eigenvalue weighted by molar-refractivity contribution is 14.1. The summed E-state index contributed by atoms with van der Waals surface area (Å²) in [7, 11) is 1.68. The minimum absolute atomic E-state index is 0.0616. The monoisotopic (exact) mass is 446 g/mol. The predicted molar refractivity (Wildman–Crippen MR) is 93.6 cm³/mol. The average molecular weight is 447 g/mol. The van der Waals surface area contributed by atoms with Gasteiger partial charge in [-0.05, 0) is 70.5 Å². The molecular weight excluding hydrogens is 431 g/mol. The van der Waals surface area contributed by atoms with E-state index in [4.69, 9.17) is 10.6 Å². The lowest BCUT2D eigenvalue weighted by Gasteiger charge is -2.18. The van der Waals surface area contributed by atoms with E-state index in [0.717, 1.165) is 16.6 Å². The van der Waals surface area contributed by atoms with E-state index in [1.54, 1.807) is 7.11 Å². The number of halogens is 2. The molecule has 0 bridgehead atoms. The minimum atomic E-state index is 0.0616. The normalized spacial score (nSPS) is 12.2. The molecule has 0 heterocycles. The van der Waals surface area contributed by atoms with Crippen molar-refractivity contribution >= 4 is 38.5 Å². The maximum atomic E-state index is 5.74. The first-order valence-corrected chi connectivity index (χ1v) is 8.05. The molecule has 106 valence electrons. The summed E-state index contributed by atoms with van der Waals surface area (Å²) in [5, 5.41) is 0. The molecule has 0 fully saturated rings. The van der Waals surface area contributed by atoms with Gasteiger partial charge in [0.1, 0.15) is 5.75 Å². The molecule has 0 amide bonds. The van der Waals surface area contributed by atoms with Gasteiger partial charge in [0.15, 0.2) is 0 Å². The quantitative estimate of drug-likeness (QED) is 0.417. The maximum Gasteiger partial charge on any atom is 0.119 e. The third-order valence-electron chi connectivity index (χ3n) is 3.11. The highest BCUT2D eigenvalue weighted by Gasteiger charge is 2.14. The van der Waals surface area contributed by atoms with E-state index in [2.05, 4.69) is 62.1 Å². The molecule has 0 aliphatic rings. The molecule has 3 nitrogen and oxygen atoms in total. The van der Waals surface area contributed by atoms with Crippen molar-refractivity contribution in [3.63, 3.8) is 0 Å². The van der Waals surface area contributed by atoms with Gasteiger partial charge in [-0.2, -0.15) is 0 Å². The van der Waals surface area contributed by atoms with Crippen molar-refractivity contribution in [3.05, 3.63) is 61.6 Å². The Morgan fingerprint density at radius 3 is 2.80 bits per heavy atom. The molecule has 3 N–H and O–H groups in total. The Bertz CT molecular complexity index is 592. The van der Waals surface area contributed by atoms with Crippen LogP contribution in [0, 0.1) is 3.57 Å². The lowest BCUT2D eigenvalue weighted by Crippen LogP contribution is -2.30. The van der Waals surface area contributed by atoms with Crippen LogP contribution in [0.25, 0.3) is 0 Å². The fourth-order valence-electron chi connectivity index (χ4n) is 2.08. The summed E-state index contributed by atoms with van der Waals surface area (Å²) in [5.74, 6) is 6.61. The number of benzene rings is 2. The number of methoxy groups -OCH3 is 1. The second-order valence-corrected chi connectivity index (χ2v) is 6.52. The molecular formula is C15H16BrIN2O. The van der Waals surface area contributed by atoms with Crippen LogP contribution in [0.1, 0.15) is 17.2 Å². The first-order valence-electron chi connectivity index (χ1n) is 6.18. The van der Waals surface area contributed by atoms with E-state index in [1.165, 1.54) is 14.7 Å². The van der Waals surface area contributed by atoms with E-state index in [9.17, 15) is 0 Å². The molecule has 1 unspecified atom stereocenters. The second kappa shape index (κ2) is 7.40. The molecule has 20 heavy (non-hydrogen) atoms. The highest BCUT2D eigenvalue weighted by atomic mass is 127. The maximum absolute atomic E-state index is 5.74. The summed E-state index contributed by atoms with van der Waals surface area (Å²) in [5.41, 5.74) is 5.27. The van der Waals surface area contributed by atoms with Crippen molar-refractivity contribution in [1.29, 1.82) is 0 Å². The fourth-order valence-corrected chi connectivity index (χ4v) is 3.17. The van der Waals surface area contributed by atoms with E-state index < -0.39 is 0 Å². The molecule has 0 saturated carbocycles. The standard InChI is InChI=1S/C15H16BrIN2O/c1-20-12-4-2-3-10(7-12)8-15(19-18)13-9-11(16)5-6-14(13)17/h2-7,9,15,19H,8,18H2,1H3. The highest BCUT2D eigenvalue weighted by Crippen LogP contribution is 2.27.